The van der Waals surface area contributed by atoms with Gasteiger partial charge in [-0.25, -0.2) is 0 Å². The average molecular weight is 444 g/mol. The van der Waals surface area contributed by atoms with Crippen molar-refractivity contribution in [1.29, 1.82) is 0 Å². The zero-order valence-electron chi connectivity index (χ0n) is 18.4. The molecule has 0 bridgehead atoms. The van der Waals surface area contributed by atoms with Crippen LogP contribution >= 0.6 is 15.9 Å². The van der Waals surface area contributed by atoms with Crippen LogP contribution in [0.2, 0.25) is 0 Å². The molecule has 0 aromatic rings. The third-order valence-electron chi connectivity index (χ3n) is 7.47. The van der Waals surface area contributed by atoms with E-state index < -0.39 is 11.2 Å². The maximum absolute atomic E-state index is 10.1. The fourth-order valence-corrected chi connectivity index (χ4v) is 6.67. The molecule has 0 aromatic carbocycles. The van der Waals surface area contributed by atoms with Crippen LogP contribution in [0, 0.1) is 23.2 Å². The van der Waals surface area contributed by atoms with Crippen molar-refractivity contribution < 1.29 is 10.2 Å². The molecule has 0 amide bonds. The van der Waals surface area contributed by atoms with Crippen LogP contribution in [-0.2, 0) is 0 Å². The molecule has 0 spiro atoms. The minimum Gasteiger partial charge on any atom is -0.390 e. The van der Waals surface area contributed by atoms with Gasteiger partial charge in [-0.2, -0.15) is 0 Å². The summed E-state index contributed by atoms with van der Waals surface area (Å²) in [4.78, 5) is 2.22. The topological polar surface area (TPSA) is 40.5 Å². The Morgan fingerprint density at radius 2 is 1.63 bits per heavy atom. The largest absolute Gasteiger partial charge is 0.390 e. The Balaban J connectivity index is 2.09. The lowest BCUT2D eigenvalue weighted by atomic mass is 9.60. The second kappa shape index (κ2) is 9.30. The van der Waals surface area contributed by atoms with Crippen molar-refractivity contribution in [3.63, 3.8) is 0 Å². The normalized spacial score (nSPS) is 30.9. The number of rotatable bonds is 9. The minimum atomic E-state index is -0.559. The summed E-state index contributed by atoms with van der Waals surface area (Å²) in [6.45, 7) is 10.3. The Kier molecular flexibility index (Phi) is 8.07. The molecule has 158 valence electrons. The summed E-state index contributed by atoms with van der Waals surface area (Å²) in [6, 6.07) is 0. The first-order valence-corrected chi connectivity index (χ1v) is 12.1. The van der Waals surface area contributed by atoms with E-state index in [1.165, 1.54) is 44.9 Å². The molecule has 3 heteroatoms. The van der Waals surface area contributed by atoms with E-state index in [1.807, 2.05) is 27.7 Å². The highest BCUT2D eigenvalue weighted by molar-refractivity contribution is 9.11. The lowest BCUT2D eigenvalue weighted by Gasteiger charge is -2.45. The highest BCUT2D eigenvalue weighted by Crippen LogP contribution is 2.60. The molecular weight excluding hydrogens is 400 g/mol. The molecule has 0 aliphatic heterocycles. The van der Waals surface area contributed by atoms with Crippen molar-refractivity contribution in [2.45, 2.75) is 116 Å². The quantitative estimate of drug-likeness (QED) is 0.404. The summed E-state index contributed by atoms with van der Waals surface area (Å²) in [5, 5.41) is 20.3. The van der Waals surface area contributed by atoms with Crippen molar-refractivity contribution in [3.05, 3.63) is 10.6 Å². The van der Waals surface area contributed by atoms with E-state index in [-0.39, 0.29) is 0 Å². The first-order chi connectivity index (χ1) is 12.5. The molecule has 0 radical (unpaired) electrons. The molecule has 2 aliphatic carbocycles. The molecule has 0 aromatic heterocycles. The first-order valence-electron chi connectivity index (χ1n) is 11.2. The second-order valence-electron chi connectivity index (χ2n) is 10.9. The van der Waals surface area contributed by atoms with Gasteiger partial charge in [-0.15, -0.1) is 0 Å². The lowest BCUT2D eigenvalue weighted by Crippen LogP contribution is -2.37. The summed E-state index contributed by atoms with van der Waals surface area (Å²) in [5.41, 5.74) is 0.955. The van der Waals surface area contributed by atoms with Crippen LogP contribution in [0.3, 0.4) is 0 Å². The van der Waals surface area contributed by atoms with Crippen molar-refractivity contribution in [1.82, 2.24) is 0 Å². The molecule has 3 atom stereocenters. The van der Waals surface area contributed by atoms with E-state index in [9.17, 15) is 10.2 Å². The molecule has 2 aliphatic rings. The van der Waals surface area contributed by atoms with Gasteiger partial charge >= 0.3 is 0 Å². The fourth-order valence-electron chi connectivity index (χ4n) is 6.13. The van der Waals surface area contributed by atoms with Crippen LogP contribution in [0.15, 0.2) is 10.6 Å². The molecule has 2 rings (SSSR count). The predicted octanol–water partition coefficient (Wildman–Crippen LogP) is 6.98. The Morgan fingerprint density at radius 3 is 2.11 bits per heavy atom. The minimum absolute atomic E-state index is 0.436. The summed E-state index contributed by atoms with van der Waals surface area (Å²) < 4.78 is 0. The lowest BCUT2D eigenvalue weighted by molar-refractivity contribution is 0.0481. The van der Waals surface area contributed by atoms with Gasteiger partial charge in [-0.05, 0) is 101 Å². The van der Waals surface area contributed by atoms with Crippen molar-refractivity contribution in [3.8, 4) is 0 Å². The first kappa shape index (κ1) is 23.4. The maximum Gasteiger partial charge on any atom is 0.0591 e. The number of hydrogen-bond acceptors (Lipinski definition) is 2. The van der Waals surface area contributed by atoms with E-state index in [2.05, 4.69) is 27.8 Å². The Hall–Kier alpha value is 0.140. The van der Waals surface area contributed by atoms with E-state index in [0.717, 1.165) is 43.4 Å². The van der Waals surface area contributed by atoms with Gasteiger partial charge in [0.05, 0.1) is 11.2 Å². The van der Waals surface area contributed by atoms with Crippen LogP contribution in [0.1, 0.15) is 105 Å². The third-order valence-corrected chi connectivity index (χ3v) is 8.06. The van der Waals surface area contributed by atoms with Crippen LogP contribution < -0.4 is 0 Å². The Morgan fingerprint density at radius 1 is 1.07 bits per heavy atom. The van der Waals surface area contributed by atoms with E-state index in [4.69, 9.17) is 0 Å². The molecule has 2 saturated carbocycles. The molecule has 2 nitrogen and oxygen atoms in total. The van der Waals surface area contributed by atoms with Gasteiger partial charge in [-0.3, -0.25) is 0 Å². The number of allylic oxidation sites excluding steroid dienone is 1. The Bertz CT molecular complexity index is 479. The highest BCUT2D eigenvalue weighted by Gasteiger charge is 2.51. The SMILES string of the molecule is CC(C)(O)CCCC(CCCC(C)(C)O)[C@H]1CC[C@H]2/C(=C/Br)CCC[C@]12C. The van der Waals surface area contributed by atoms with Crippen LogP contribution in [0.4, 0.5) is 0 Å². The van der Waals surface area contributed by atoms with Crippen molar-refractivity contribution >= 4 is 15.9 Å². The maximum atomic E-state index is 10.1. The standard InChI is InChI=1S/C24H43BrO2/c1-22(2,26)14-6-9-18(10-7-15-23(3,4)27)20-12-13-21-19(17-25)11-8-16-24(20,21)5/h17-18,20-21,26-27H,6-16H2,1-5H3/b19-17+/t20-,21+,24-/m1/s1. The molecule has 2 N–H and O–H groups in total. The zero-order valence-corrected chi connectivity index (χ0v) is 19.9. The highest BCUT2D eigenvalue weighted by atomic mass is 79.9. The molecular formula is C24H43BrO2. The van der Waals surface area contributed by atoms with Gasteiger partial charge in [0.15, 0.2) is 0 Å². The molecule has 2 fully saturated rings. The summed E-state index contributed by atoms with van der Waals surface area (Å²) >= 11 is 3.64. The summed E-state index contributed by atoms with van der Waals surface area (Å²) in [7, 11) is 0. The second-order valence-corrected chi connectivity index (χ2v) is 11.4. The van der Waals surface area contributed by atoms with Crippen molar-refractivity contribution in [2.75, 3.05) is 0 Å². The van der Waals surface area contributed by atoms with Crippen molar-refractivity contribution in [2.24, 2.45) is 23.2 Å². The van der Waals surface area contributed by atoms with Crippen LogP contribution in [0.5, 0.6) is 0 Å². The number of aliphatic hydroxyl groups is 2. The summed E-state index contributed by atoms with van der Waals surface area (Å²) in [5.74, 6) is 2.26. The van der Waals surface area contributed by atoms with E-state index in [1.54, 1.807) is 5.57 Å². The Labute approximate surface area is 176 Å². The smallest absolute Gasteiger partial charge is 0.0591 e. The van der Waals surface area contributed by atoms with Crippen LogP contribution in [0.25, 0.3) is 0 Å². The third kappa shape index (κ3) is 6.57. The average Bonchev–Trinajstić information content (AvgIpc) is 2.88. The van der Waals surface area contributed by atoms with Gasteiger partial charge in [0.2, 0.25) is 0 Å². The van der Waals surface area contributed by atoms with Gasteiger partial charge in [0.1, 0.15) is 0 Å². The number of hydrogen-bond donors (Lipinski definition) is 2. The predicted molar refractivity (Wildman–Crippen MR) is 119 cm³/mol. The van der Waals surface area contributed by atoms with Gasteiger partial charge in [0.25, 0.3) is 0 Å². The van der Waals surface area contributed by atoms with Crippen LogP contribution in [-0.4, -0.2) is 21.4 Å². The molecule has 0 heterocycles. The molecule has 0 unspecified atom stereocenters. The number of halogens is 1. The summed E-state index contributed by atoms with van der Waals surface area (Å²) in [6.07, 6.45) is 13.0. The molecule has 27 heavy (non-hydrogen) atoms. The fraction of sp³-hybridized carbons (Fsp3) is 0.917. The zero-order chi connectivity index (χ0) is 20.3. The van der Waals surface area contributed by atoms with Gasteiger partial charge < -0.3 is 10.2 Å². The molecule has 0 saturated heterocycles. The van der Waals surface area contributed by atoms with Gasteiger partial charge in [-0.1, -0.05) is 54.1 Å². The monoisotopic (exact) mass is 442 g/mol. The van der Waals surface area contributed by atoms with E-state index >= 15 is 0 Å². The van der Waals surface area contributed by atoms with Gasteiger partial charge in [0, 0.05) is 0 Å². The van der Waals surface area contributed by atoms with E-state index in [0.29, 0.717) is 5.41 Å². The number of fused-ring (bicyclic) bond motifs is 1.